The van der Waals surface area contributed by atoms with Gasteiger partial charge in [-0.1, -0.05) is 6.42 Å². The van der Waals surface area contributed by atoms with Crippen LogP contribution in [0.4, 0.5) is 0 Å². The quantitative estimate of drug-likeness (QED) is 0.897. The van der Waals surface area contributed by atoms with Crippen molar-refractivity contribution in [2.75, 3.05) is 20.1 Å². The fourth-order valence-electron chi connectivity index (χ4n) is 2.50. The molecule has 6 heteroatoms. The first-order valence-corrected chi connectivity index (χ1v) is 7.74. The maximum atomic E-state index is 12.2. The number of likely N-dealkylation sites (N-methyl/N-ethyl adjacent to an activating group) is 1. The molecule has 1 aromatic rings. The molecule has 0 aliphatic carbocycles. The summed E-state index contributed by atoms with van der Waals surface area (Å²) >= 11 is 1.61. The van der Waals surface area contributed by atoms with Crippen LogP contribution in [0.2, 0.25) is 0 Å². The molecular formula is C14H20N2O3S. The Labute approximate surface area is 122 Å². The second-order valence-corrected chi connectivity index (χ2v) is 5.98. The van der Waals surface area contributed by atoms with Crippen LogP contribution in [0.5, 0.6) is 0 Å². The first-order chi connectivity index (χ1) is 9.58. The van der Waals surface area contributed by atoms with Gasteiger partial charge in [-0.05, 0) is 41.8 Å². The Morgan fingerprint density at radius 3 is 2.95 bits per heavy atom. The molecule has 5 nitrogen and oxygen atoms in total. The maximum Gasteiger partial charge on any atom is 0.320 e. The monoisotopic (exact) mass is 296 g/mol. The van der Waals surface area contributed by atoms with E-state index in [0.717, 1.165) is 18.4 Å². The lowest BCUT2D eigenvalue weighted by Crippen LogP contribution is -2.49. The largest absolute Gasteiger partial charge is 0.480 e. The molecule has 2 heterocycles. The van der Waals surface area contributed by atoms with Gasteiger partial charge in [0.05, 0.1) is 6.54 Å². The molecule has 1 aliphatic rings. The lowest BCUT2D eigenvalue weighted by molar-refractivity contribution is -0.146. The van der Waals surface area contributed by atoms with Crippen molar-refractivity contribution in [2.45, 2.75) is 31.8 Å². The Kier molecular flexibility index (Phi) is 5.14. The van der Waals surface area contributed by atoms with Crippen molar-refractivity contribution in [3.05, 3.63) is 22.4 Å². The van der Waals surface area contributed by atoms with Gasteiger partial charge in [0, 0.05) is 13.6 Å². The van der Waals surface area contributed by atoms with Gasteiger partial charge in [-0.25, -0.2) is 0 Å². The van der Waals surface area contributed by atoms with Gasteiger partial charge < -0.3 is 10.0 Å². The third-order valence-electron chi connectivity index (χ3n) is 3.66. The van der Waals surface area contributed by atoms with Crippen molar-refractivity contribution in [3.63, 3.8) is 0 Å². The molecule has 1 aromatic heterocycles. The van der Waals surface area contributed by atoms with Crippen molar-refractivity contribution >= 4 is 23.2 Å². The fourth-order valence-corrected chi connectivity index (χ4v) is 3.16. The molecule has 1 atom stereocenters. The summed E-state index contributed by atoms with van der Waals surface area (Å²) in [6.07, 6.45) is 2.52. The van der Waals surface area contributed by atoms with Crippen LogP contribution in [0.25, 0.3) is 0 Å². The molecule has 1 saturated heterocycles. The standard InChI is InChI=1S/C14H20N2O3S/c1-15(8-11-5-7-20-10-11)13(17)9-16-6-3-2-4-12(16)14(18)19/h5,7,10,12H,2-4,6,8-9H2,1H3,(H,18,19). The van der Waals surface area contributed by atoms with E-state index in [1.165, 1.54) is 0 Å². The number of aliphatic carboxylic acids is 1. The summed E-state index contributed by atoms with van der Waals surface area (Å²) in [4.78, 5) is 26.9. The molecule has 20 heavy (non-hydrogen) atoms. The highest BCUT2D eigenvalue weighted by molar-refractivity contribution is 7.07. The zero-order chi connectivity index (χ0) is 14.5. The second kappa shape index (κ2) is 6.85. The smallest absolute Gasteiger partial charge is 0.320 e. The number of carboxylic acids is 1. The normalized spacial score (nSPS) is 19.8. The summed E-state index contributed by atoms with van der Waals surface area (Å²) in [5.74, 6) is -0.845. The predicted octanol–water partition coefficient (Wildman–Crippen LogP) is 1.65. The molecule has 2 rings (SSSR count). The van der Waals surface area contributed by atoms with Crippen molar-refractivity contribution in [1.82, 2.24) is 9.80 Å². The van der Waals surface area contributed by atoms with Gasteiger partial charge in [0.2, 0.25) is 5.91 Å². The number of piperidine rings is 1. The van der Waals surface area contributed by atoms with Gasteiger partial charge in [-0.3, -0.25) is 14.5 Å². The summed E-state index contributed by atoms with van der Waals surface area (Å²) in [6, 6.07) is 1.48. The molecule has 1 aliphatic heterocycles. The van der Waals surface area contributed by atoms with Crippen LogP contribution in [0.15, 0.2) is 16.8 Å². The third kappa shape index (κ3) is 3.80. The van der Waals surface area contributed by atoms with E-state index in [4.69, 9.17) is 0 Å². The van der Waals surface area contributed by atoms with Crippen LogP contribution < -0.4 is 0 Å². The number of thiophene rings is 1. The topological polar surface area (TPSA) is 60.9 Å². The van der Waals surface area contributed by atoms with Crippen LogP contribution in [0.1, 0.15) is 24.8 Å². The van der Waals surface area contributed by atoms with E-state index >= 15 is 0 Å². The molecule has 1 unspecified atom stereocenters. The highest BCUT2D eigenvalue weighted by Crippen LogP contribution is 2.17. The molecule has 1 fully saturated rings. The molecule has 110 valence electrons. The van der Waals surface area contributed by atoms with E-state index in [9.17, 15) is 14.7 Å². The maximum absolute atomic E-state index is 12.2. The Morgan fingerprint density at radius 2 is 2.30 bits per heavy atom. The number of nitrogens with zero attached hydrogens (tertiary/aromatic N) is 2. The van der Waals surface area contributed by atoms with E-state index in [-0.39, 0.29) is 12.5 Å². The first kappa shape index (κ1) is 15.0. The number of hydrogen-bond acceptors (Lipinski definition) is 4. The number of likely N-dealkylation sites (tertiary alicyclic amines) is 1. The van der Waals surface area contributed by atoms with E-state index in [1.807, 2.05) is 16.8 Å². The van der Waals surface area contributed by atoms with E-state index in [2.05, 4.69) is 0 Å². The van der Waals surface area contributed by atoms with Crippen LogP contribution in [0.3, 0.4) is 0 Å². The molecule has 1 amide bonds. The summed E-state index contributed by atoms with van der Waals surface area (Å²) in [6.45, 7) is 1.46. The molecular weight excluding hydrogens is 276 g/mol. The summed E-state index contributed by atoms with van der Waals surface area (Å²) in [5, 5.41) is 13.2. The van der Waals surface area contributed by atoms with Gasteiger partial charge in [-0.15, -0.1) is 0 Å². The Hall–Kier alpha value is -1.40. The number of carbonyl (C=O) groups excluding carboxylic acids is 1. The molecule has 0 saturated carbocycles. The van der Waals surface area contributed by atoms with E-state index < -0.39 is 12.0 Å². The molecule has 0 spiro atoms. The fraction of sp³-hybridized carbons (Fsp3) is 0.571. The SMILES string of the molecule is CN(Cc1ccsc1)C(=O)CN1CCCCC1C(=O)O. The number of hydrogen-bond donors (Lipinski definition) is 1. The highest BCUT2D eigenvalue weighted by atomic mass is 32.1. The molecule has 1 N–H and O–H groups in total. The number of amides is 1. The van der Waals surface area contributed by atoms with Crippen LogP contribution >= 0.6 is 11.3 Å². The minimum Gasteiger partial charge on any atom is -0.480 e. The number of carbonyl (C=O) groups is 2. The number of carboxylic acid groups (broad SMARTS) is 1. The van der Waals surface area contributed by atoms with Gasteiger partial charge in [-0.2, -0.15) is 11.3 Å². The summed E-state index contributed by atoms with van der Waals surface area (Å²) in [5.41, 5.74) is 1.11. The average Bonchev–Trinajstić information content (AvgIpc) is 2.91. The van der Waals surface area contributed by atoms with Crippen molar-refractivity contribution in [2.24, 2.45) is 0 Å². The van der Waals surface area contributed by atoms with E-state index in [1.54, 1.807) is 28.2 Å². The van der Waals surface area contributed by atoms with Crippen molar-refractivity contribution in [3.8, 4) is 0 Å². The minimum absolute atomic E-state index is 0.0237. The zero-order valence-electron chi connectivity index (χ0n) is 11.6. The van der Waals surface area contributed by atoms with Gasteiger partial charge >= 0.3 is 5.97 Å². The van der Waals surface area contributed by atoms with Gasteiger partial charge in [0.25, 0.3) is 0 Å². The van der Waals surface area contributed by atoms with E-state index in [0.29, 0.717) is 19.5 Å². The lowest BCUT2D eigenvalue weighted by atomic mass is 10.0. The second-order valence-electron chi connectivity index (χ2n) is 5.20. The Morgan fingerprint density at radius 1 is 1.50 bits per heavy atom. The van der Waals surface area contributed by atoms with Crippen molar-refractivity contribution in [1.29, 1.82) is 0 Å². The average molecular weight is 296 g/mol. The Balaban J connectivity index is 1.90. The molecule has 0 aromatic carbocycles. The van der Waals surface area contributed by atoms with Crippen LogP contribution in [-0.4, -0.2) is 53.0 Å². The Bertz CT molecular complexity index is 461. The van der Waals surface area contributed by atoms with Crippen LogP contribution in [0, 0.1) is 0 Å². The number of rotatable bonds is 5. The predicted molar refractivity (Wildman–Crippen MR) is 77.6 cm³/mol. The lowest BCUT2D eigenvalue weighted by Gasteiger charge is -2.33. The summed E-state index contributed by atoms with van der Waals surface area (Å²) in [7, 11) is 1.76. The first-order valence-electron chi connectivity index (χ1n) is 6.80. The van der Waals surface area contributed by atoms with Gasteiger partial charge in [0.1, 0.15) is 6.04 Å². The molecule has 0 radical (unpaired) electrons. The molecule has 0 bridgehead atoms. The van der Waals surface area contributed by atoms with Gasteiger partial charge in [0.15, 0.2) is 0 Å². The zero-order valence-corrected chi connectivity index (χ0v) is 12.4. The summed E-state index contributed by atoms with van der Waals surface area (Å²) < 4.78 is 0. The minimum atomic E-state index is -0.821. The van der Waals surface area contributed by atoms with Crippen molar-refractivity contribution < 1.29 is 14.7 Å². The third-order valence-corrected chi connectivity index (χ3v) is 4.39. The van der Waals surface area contributed by atoms with Crippen LogP contribution in [-0.2, 0) is 16.1 Å². The highest BCUT2D eigenvalue weighted by Gasteiger charge is 2.30.